The summed E-state index contributed by atoms with van der Waals surface area (Å²) in [6.45, 7) is 5.51. The molecule has 0 saturated heterocycles. The summed E-state index contributed by atoms with van der Waals surface area (Å²) in [6.07, 6.45) is 0.629. The van der Waals surface area contributed by atoms with E-state index in [2.05, 4.69) is 23.3 Å². The maximum Gasteiger partial charge on any atom is 0.132 e. The van der Waals surface area contributed by atoms with Gasteiger partial charge in [0.25, 0.3) is 0 Å². The molecule has 1 heterocycles. The molecule has 0 fully saturated rings. The van der Waals surface area contributed by atoms with Gasteiger partial charge >= 0.3 is 0 Å². The summed E-state index contributed by atoms with van der Waals surface area (Å²) in [5.41, 5.74) is 9.62. The lowest BCUT2D eigenvalue weighted by molar-refractivity contribution is 0.264. The number of aliphatic hydroxyl groups is 1. The molecule has 0 amide bonds. The lowest BCUT2D eigenvalue weighted by Crippen LogP contribution is -2.12. The molecule has 1 aromatic heterocycles. The number of hydrogen-bond donors (Lipinski definition) is 2. The number of aliphatic hydroxyl groups excluding tert-OH is 1. The van der Waals surface area contributed by atoms with E-state index in [1.165, 1.54) is 5.56 Å². The van der Waals surface area contributed by atoms with E-state index in [4.69, 9.17) is 15.6 Å². The van der Waals surface area contributed by atoms with Gasteiger partial charge in [-0.2, -0.15) is 0 Å². The first-order valence-corrected chi connectivity index (χ1v) is 7.08. The van der Waals surface area contributed by atoms with Crippen molar-refractivity contribution in [3.8, 4) is 5.75 Å². The van der Waals surface area contributed by atoms with Gasteiger partial charge in [-0.25, -0.2) is 4.68 Å². The molecule has 2 rings (SSSR count). The summed E-state index contributed by atoms with van der Waals surface area (Å²) in [4.78, 5) is 0. The Labute approximate surface area is 124 Å². The Morgan fingerprint density at radius 2 is 2.14 bits per heavy atom. The monoisotopic (exact) mass is 290 g/mol. The van der Waals surface area contributed by atoms with Gasteiger partial charge in [0, 0.05) is 19.7 Å². The minimum Gasteiger partial charge on any atom is -0.487 e. The third-order valence-electron chi connectivity index (χ3n) is 3.56. The quantitative estimate of drug-likeness (QED) is 0.803. The minimum atomic E-state index is 0.120. The predicted octanol–water partition coefficient (Wildman–Crippen LogP) is 1.32. The fourth-order valence-corrected chi connectivity index (χ4v) is 2.11. The first-order chi connectivity index (χ1) is 10.2. The largest absolute Gasteiger partial charge is 0.487 e. The first kappa shape index (κ1) is 15.5. The third-order valence-corrected chi connectivity index (χ3v) is 3.56. The van der Waals surface area contributed by atoms with Crippen LogP contribution in [0.25, 0.3) is 0 Å². The molecule has 0 aliphatic carbocycles. The van der Waals surface area contributed by atoms with Gasteiger partial charge < -0.3 is 15.6 Å². The van der Waals surface area contributed by atoms with Gasteiger partial charge in [0.2, 0.25) is 0 Å². The molecule has 0 atom stereocenters. The van der Waals surface area contributed by atoms with E-state index < -0.39 is 0 Å². The highest BCUT2D eigenvalue weighted by Gasteiger charge is 2.13. The van der Waals surface area contributed by atoms with Crippen molar-refractivity contribution in [3.63, 3.8) is 0 Å². The van der Waals surface area contributed by atoms with Crippen LogP contribution in [0.2, 0.25) is 0 Å². The summed E-state index contributed by atoms with van der Waals surface area (Å²) < 4.78 is 7.66. The van der Waals surface area contributed by atoms with Crippen molar-refractivity contribution in [2.75, 3.05) is 6.61 Å². The van der Waals surface area contributed by atoms with Crippen molar-refractivity contribution in [1.29, 1.82) is 0 Å². The van der Waals surface area contributed by atoms with Gasteiger partial charge in [0.1, 0.15) is 23.7 Å². The Morgan fingerprint density at radius 3 is 2.86 bits per heavy atom. The standard InChI is InChI=1S/C15H22N4O2/c1-11-5-3-6-15(12(11)2)21-10-14-13(9-16)17-18-19(14)7-4-8-20/h3,5-6,20H,4,7-10,16H2,1-2H3. The maximum absolute atomic E-state index is 8.94. The summed E-state index contributed by atoms with van der Waals surface area (Å²) >= 11 is 0. The molecule has 6 nitrogen and oxygen atoms in total. The van der Waals surface area contributed by atoms with Crippen LogP contribution in [0, 0.1) is 13.8 Å². The SMILES string of the molecule is Cc1cccc(OCc2c(CN)nnn2CCCO)c1C. The number of hydrogen-bond acceptors (Lipinski definition) is 5. The highest BCUT2D eigenvalue weighted by Crippen LogP contribution is 2.22. The van der Waals surface area contributed by atoms with Gasteiger partial charge in [0.05, 0.1) is 0 Å². The average molecular weight is 290 g/mol. The molecule has 0 radical (unpaired) electrons. The minimum absolute atomic E-state index is 0.120. The number of rotatable bonds is 7. The molecule has 3 N–H and O–H groups in total. The Hall–Kier alpha value is -1.92. The second-order valence-corrected chi connectivity index (χ2v) is 4.97. The van der Waals surface area contributed by atoms with Crippen LogP contribution in [0.5, 0.6) is 5.75 Å². The second kappa shape index (κ2) is 7.19. The predicted molar refractivity (Wildman–Crippen MR) is 79.9 cm³/mol. The van der Waals surface area contributed by atoms with E-state index >= 15 is 0 Å². The number of benzene rings is 1. The smallest absolute Gasteiger partial charge is 0.132 e. The van der Waals surface area contributed by atoms with Crippen molar-refractivity contribution >= 4 is 0 Å². The van der Waals surface area contributed by atoms with Crippen LogP contribution < -0.4 is 10.5 Å². The zero-order valence-electron chi connectivity index (χ0n) is 12.5. The molecule has 0 unspecified atom stereocenters. The lowest BCUT2D eigenvalue weighted by atomic mass is 10.1. The van der Waals surface area contributed by atoms with E-state index in [0.717, 1.165) is 22.7 Å². The van der Waals surface area contributed by atoms with E-state index in [1.807, 2.05) is 19.1 Å². The van der Waals surface area contributed by atoms with E-state index in [-0.39, 0.29) is 6.61 Å². The fraction of sp³-hybridized carbons (Fsp3) is 0.467. The molecule has 21 heavy (non-hydrogen) atoms. The van der Waals surface area contributed by atoms with Gasteiger partial charge in [-0.1, -0.05) is 17.3 Å². The Morgan fingerprint density at radius 1 is 1.33 bits per heavy atom. The molecule has 1 aromatic carbocycles. The van der Waals surface area contributed by atoms with Crippen LogP contribution in [-0.4, -0.2) is 26.7 Å². The van der Waals surface area contributed by atoms with Crippen molar-refractivity contribution in [2.24, 2.45) is 5.73 Å². The lowest BCUT2D eigenvalue weighted by Gasteiger charge is -2.12. The molecule has 0 aliphatic rings. The summed E-state index contributed by atoms with van der Waals surface area (Å²) in [7, 11) is 0. The van der Waals surface area contributed by atoms with Crippen LogP contribution in [0.15, 0.2) is 18.2 Å². The molecule has 0 spiro atoms. The molecule has 2 aromatic rings. The molecule has 6 heteroatoms. The van der Waals surface area contributed by atoms with Crippen LogP contribution in [0.1, 0.15) is 28.9 Å². The average Bonchev–Trinajstić information content (AvgIpc) is 2.88. The van der Waals surface area contributed by atoms with Crippen LogP contribution in [-0.2, 0) is 19.7 Å². The first-order valence-electron chi connectivity index (χ1n) is 7.08. The van der Waals surface area contributed by atoms with Crippen LogP contribution in [0.4, 0.5) is 0 Å². The van der Waals surface area contributed by atoms with Gasteiger partial charge in [-0.3, -0.25) is 0 Å². The Balaban J connectivity index is 2.14. The van der Waals surface area contributed by atoms with Gasteiger partial charge in [0.15, 0.2) is 0 Å². The summed E-state index contributed by atoms with van der Waals surface area (Å²) in [6, 6.07) is 5.98. The van der Waals surface area contributed by atoms with Gasteiger partial charge in [-0.05, 0) is 37.5 Å². The van der Waals surface area contributed by atoms with Crippen LogP contribution in [0.3, 0.4) is 0 Å². The number of aromatic nitrogens is 3. The number of aryl methyl sites for hydroxylation is 2. The van der Waals surface area contributed by atoms with Crippen molar-refractivity contribution in [3.05, 3.63) is 40.7 Å². The summed E-state index contributed by atoms with van der Waals surface area (Å²) in [5, 5.41) is 17.1. The van der Waals surface area contributed by atoms with Gasteiger partial charge in [-0.15, -0.1) is 5.10 Å². The third kappa shape index (κ3) is 3.59. The fourth-order valence-electron chi connectivity index (χ4n) is 2.11. The van der Waals surface area contributed by atoms with E-state index in [9.17, 15) is 0 Å². The zero-order chi connectivity index (χ0) is 15.2. The van der Waals surface area contributed by atoms with Crippen molar-refractivity contribution in [1.82, 2.24) is 15.0 Å². The normalized spacial score (nSPS) is 10.9. The molecule has 114 valence electrons. The Kier molecular flexibility index (Phi) is 5.30. The maximum atomic E-state index is 8.94. The highest BCUT2D eigenvalue weighted by atomic mass is 16.5. The highest BCUT2D eigenvalue weighted by molar-refractivity contribution is 5.38. The number of nitrogens with two attached hydrogens (primary N) is 1. The molecule has 0 aliphatic heterocycles. The number of ether oxygens (including phenoxy) is 1. The molecule has 0 saturated carbocycles. The molecular weight excluding hydrogens is 268 g/mol. The van der Waals surface area contributed by atoms with Crippen molar-refractivity contribution in [2.45, 2.75) is 40.0 Å². The zero-order valence-corrected chi connectivity index (χ0v) is 12.5. The topological polar surface area (TPSA) is 86.2 Å². The van der Waals surface area contributed by atoms with Crippen LogP contribution >= 0.6 is 0 Å². The van der Waals surface area contributed by atoms with E-state index in [1.54, 1.807) is 4.68 Å². The van der Waals surface area contributed by atoms with Crippen molar-refractivity contribution < 1.29 is 9.84 Å². The number of nitrogens with zero attached hydrogens (tertiary/aromatic N) is 3. The second-order valence-electron chi connectivity index (χ2n) is 4.97. The summed E-state index contributed by atoms with van der Waals surface area (Å²) in [5.74, 6) is 0.855. The molecule has 0 bridgehead atoms. The van der Waals surface area contributed by atoms with E-state index in [0.29, 0.717) is 26.1 Å². The molecular formula is C15H22N4O2. The Bertz CT molecular complexity index is 595.